The molecule has 2 aromatic heterocycles. The van der Waals surface area contributed by atoms with Crippen molar-refractivity contribution in [3.05, 3.63) is 84.8 Å². The quantitative estimate of drug-likeness (QED) is 0.349. The third kappa shape index (κ3) is 5.14. The van der Waals surface area contributed by atoms with Crippen LogP contribution in [0.1, 0.15) is 5.69 Å². The van der Waals surface area contributed by atoms with Crippen molar-refractivity contribution in [2.75, 3.05) is 11.5 Å². The molecule has 1 amide bonds. The first-order chi connectivity index (χ1) is 16.9. The van der Waals surface area contributed by atoms with Crippen molar-refractivity contribution in [1.82, 2.24) is 15.0 Å². The first kappa shape index (κ1) is 22.9. The molecule has 11 heteroatoms. The predicted molar refractivity (Wildman–Crippen MR) is 130 cm³/mol. The van der Waals surface area contributed by atoms with Gasteiger partial charge in [-0.1, -0.05) is 12.1 Å². The minimum atomic E-state index is -3.57. The third-order valence-electron chi connectivity index (χ3n) is 5.41. The molecule has 0 fully saturated rings. The second kappa shape index (κ2) is 9.41. The molecule has 0 spiro atoms. The average Bonchev–Trinajstić information content (AvgIpc) is 2.86. The molecule has 1 unspecified atom stereocenters. The van der Waals surface area contributed by atoms with Crippen molar-refractivity contribution in [3.8, 4) is 17.0 Å². The number of hydrogen-bond donors (Lipinski definition) is 3. The minimum absolute atomic E-state index is 0.0339. The van der Waals surface area contributed by atoms with Gasteiger partial charge in [0, 0.05) is 28.9 Å². The summed E-state index contributed by atoms with van der Waals surface area (Å²) in [6, 6.07) is 19.3. The predicted octanol–water partition coefficient (Wildman–Crippen LogP) is 2.63. The highest BCUT2D eigenvalue weighted by molar-refractivity contribution is 8.22. The number of nitrogens with zero attached hydrogens (tertiary/aromatic N) is 4. The summed E-state index contributed by atoms with van der Waals surface area (Å²) in [5.74, 6) is 0.866. The van der Waals surface area contributed by atoms with Crippen LogP contribution in [0.25, 0.3) is 11.3 Å². The molecule has 1 atom stereocenters. The fraction of sp³-hybridized carbons (Fsp3) is 0.0833. The fourth-order valence-electron chi connectivity index (χ4n) is 3.73. The first-order valence-corrected chi connectivity index (χ1v) is 12.2. The van der Waals surface area contributed by atoms with E-state index in [9.17, 15) is 13.9 Å². The molecule has 2 aromatic carbocycles. The van der Waals surface area contributed by atoms with E-state index in [0.29, 0.717) is 35.3 Å². The van der Waals surface area contributed by atoms with Gasteiger partial charge >= 0.3 is 5.95 Å². The minimum Gasteiger partial charge on any atom is -0.751 e. The van der Waals surface area contributed by atoms with E-state index >= 15 is 0 Å². The smallest absolute Gasteiger partial charge is 0.331 e. The summed E-state index contributed by atoms with van der Waals surface area (Å²) in [6.45, 7) is 0.293. The van der Waals surface area contributed by atoms with Gasteiger partial charge in [0.15, 0.2) is 6.61 Å². The zero-order chi connectivity index (χ0) is 24.4. The summed E-state index contributed by atoms with van der Waals surface area (Å²) < 4.78 is 27.0. The van der Waals surface area contributed by atoms with Crippen LogP contribution in [0.4, 0.5) is 17.3 Å². The molecule has 3 heterocycles. The van der Waals surface area contributed by atoms with E-state index in [1.165, 1.54) is 12.1 Å². The number of ether oxygens (including phenoxy) is 1. The summed E-state index contributed by atoms with van der Waals surface area (Å²) in [4.78, 5) is 27.7. The van der Waals surface area contributed by atoms with Gasteiger partial charge in [-0.25, -0.2) is 5.32 Å². The number of anilines is 1. The van der Waals surface area contributed by atoms with Crippen LogP contribution in [-0.4, -0.2) is 36.6 Å². The number of carbonyl (C=O) groups is 1. The van der Waals surface area contributed by atoms with Gasteiger partial charge in [-0.05, 0) is 48.5 Å². The molecule has 1 aliphatic rings. The van der Waals surface area contributed by atoms with Crippen LogP contribution in [0, 0.1) is 0 Å². The molecule has 0 bridgehead atoms. The van der Waals surface area contributed by atoms with Crippen molar-refractivity contribution in [2.45, 2.75) is 11.4 Å². The molecule has 0 saturated carbocycles. The molecule has 35 heavy (non-hydrogen) atoms. The Morgan fingerprint density at radius 3 is 2.77 bits per heavy atom. The number of pyridine rings is 1. The summed E-state index contributed by atoms with van der Waals surface area (Å²) in [6.07, 6.45) is 3.32. The molecular weight excluding hydrogens is 468 g/mol. The molecule has 10 nitrogen and oxygen atoms in total. The van der Waals surface area contributed by atoms with Crippen LogP contribution in [0.15, 0.2) is 84.0 Å². The topological polar surface area (TPSA) is 154 Å². The van der Waals surface area contributed by atoms with Crippen molar-refractivity contribution >= 4 is 34.0 Å². The monoisotopic (exact) mass is 490 g/mol. The maximum absolute atomic E-state index is 12.7. The molecule has 1 aliphatic heterocycles. The average molecular weight is 491 g/mol. The highest BCUT2D eigenvalue weighted by Crippen LogP contribution is 2.40. The summed E-state index contributed by atoms with van der Waals surface area (Å²) >= 11 is 0. The summed E-state index contributed by atoms with van der Waals surface area (Å²) in [5.41, 5.74) is 3.47. The maximum Gasteiger partial charge on any atom is 0.331 e. The Kier molecular flexibility index (Phi) is 6.16. The highest BCUT2D eigenvalue weighted by Gasteiger charge is 2.26. The number of aromatic nitrogens is 3. The fourth-order valence-corrected chi connectivity index (χ4v) is 4.31. The summed E-state index contributed by atoms with van der Waals surface area (Å²) in [7, 11) is -3.57. The van der Waals surface area contributed by atoms with Gasteiger partial charge in [0.2, 0.25) is 0 Å². The Labute approximate surface area is 202 Å². The van der Waals surface area contributed by atoms with E-state index in [0.717, 1.165) is 11.3 Å². The van der Waals surface area contributed by atoms with Crippen LogP contribution < -0.4 is 20.1 Å². The normalized spacial score (nSPS) is 15.6. The lowest BCUT2D eigenvalue weighted by atomic mass is 10.1. The number of nitrogens with two attached hydrogens (primary N) is 2. The van der Waals surface area contributed by atoms with Crippen molar-refractivity contribution in [2.24, 2.45) is 5.14 Å². The maximum atomic E-state index is 12.7. The number of fused-ring (bicyclic) bond motifs is 1. The zero-order valence-corrected chi connectivity index (χ0v) is 19.3. The van der Waals surface area contributed by atoms with Gasteiger partial charge in [0.1, 0.15) is 11.4 Å². The van der Waals surface area contributed by atoms with E-state index in [1.807, 2.05) is 36.4 Å². The molecule has 5 rings (SSSR count). The van der Waals surface area contributed by atoms with E-state index in [1.54, 1.807) is 40.8 Å². The van der Waals surface area contributed by atoms with Crippen LogP contribution >= 0.6 is 10.8 Å². The summed E-state index contributed by atoms with van der Waals surface area (Å²) in [5, 5.41) is 7.03. The molecule has 0 radical (unpaired) electrons. The van der Waals surface area contributed by atoms with Crippen molar-refractivity contribution in [1.29, 1.82) is 0 Å². The van der Waals surface area contributed by atoms with Gasteiger partial charge in [0.05, 0.1) is 23.6 Å². The highest BCUT2D eigenvalue weighted by atomic mass is 32.3. The Bertz CT molecular complexity index is 1380. The van der Waals surface area contributed by atoms with Crippen molar-refractivity contribution in [3.63, 3.8) is 0 Å². The number of quaternary nitrogens is 1. The number of benzene rings is 2. The number of hydrogen-bond acceptors (Lipinski definition) is 8. The Morgan fingerprint density at radius 1 is 1.09 bits per heavy atom. The lowest BCUT2D eigenvalue weighted by Crippen LogP contribution is -2.72. The van der Waals surface area contributed by atoms with Gasteiger partial charge in [-0.15, -0.1) is 0 Å². The number of rotatable bonds is 6. The molecule has 4 aromatic rings. The molecule has 178 valence electrons. The van der Waals surface area contributed by atoms with Gasteiger partial charge < -0.3 is 13.8 Å². The lowest BCUT2D eigenvalue weighted by molar-refractivity contribution is -0.487. The second-order valence-corrected chi connectivity index (χ2v) is 9.47. The zero-order valence-electron chi connectivity index (χ0n) is 18.4. The van der Waals surface area contributed by atoms with Gasteiger partial charge in [-0.3, -0.25) is 30.6 Å². The molecular formula is C24H22N6O4S. The van der Waals surface area contributed by atoms with E-state index in [4.69, 9.17) is 9.88 Å². The Morgan fingerprint density at radius 2 is 1.97 bits per heavy atom. The Balaban J connectivity index is 1.44. The molecule has 5 N–H and O–H groups in total. The van der Waals surface area contributed by atoms with Crippen molar-refractivity contribution < 1.29 is 24.0 Å². The SMILES string of the molecule is NS([O-])(O)c1cccc([NH2+]c2nccc(-c3ccc4c(c3)N(Cc3ccccn3)C(=O)CO4)n2)c1. The van der Waals surface area contributed by atoms with Gasteiger partial charge in [0.25, 0.3) is 5.91 Å². The van der Waals surface area contributed by atoms with Crippen LogP contribution in [-0.2, 0) is 11.3 Å². The van der Waals surface area contributed by atoms with E-state index < -0.39 is 10.8 Å². The third-order valence-corrected chi connectivity index (χ3v) is 6.34. The Hall–Kier alpha value is -3.87. The van der Waals surface area contributed by atoms with E-state index in [-0.39, 0.29) is 17.4 Å². The number of carbonyl (C=O) groups excluding carboxylic acids is 1. The van der Waals surface area contributed by atoms with Crippen LogP contribution in [0.5, 0.6) is 5.75 Å². The van der Waals surface area contributed by atoms with E-state index in [2.05, 4.69) is 15.0 Å². The van der Waals surface area contributed by atoms with Crippen LogP contribution in [0.2, 0.25) is 0 Å². The second-order valence-electron chi connectivity index (χ2n) is 7.86. The lowest BCUT2D eigenvalue weighted by Gasteiger charge is -2.40. The first-order valence-electron chi connectivity index (χ1n) is 10.7. The molecule has 0 aliphatic carbocycles. The largest absolute Gasteiger partial charge is 0.751 e. The standard InChI is InChI=1S/C24H22N6O4S/c25-35(32,33)19-6-3-5-17(13-19)28-24-27-11-9-20(29-24)16-7-8-22-21(12-16)30(23(31)15-34-22)14-18-4-1-2-10-26-18/h1-13,32-33H,14-15,25H2,(H,27,28,29). The molecule has 0 saturated heterocycles. The number of amides is 1. The van der Waals surface area contributed by atoms with Crippen LogP contribution in [0.3, 0.4) is 0 Å². The van der Waals surface area contributed by atoms with Gasteiger partial charge in [-0.2, -0.15) is 9.97 Å².